The van der Waals surface area contributed by atoms with Gasteiger partial charge in [-0.3, -0.25) is 4.90 Å². The molecule has 1 aliphatic heterocycles. The molecular formula is C20H35IN4O2. The van der Waals surface area contributed by atoms with Crippen molar-refractivity contribution in [2.24, 2.45) is 4.99 Å². The largest absolute Gasteiger partial charge is 0.383 e. The first-order valence-corrected chi connectivity index (χ1v) is 9.56. The van der Waals surface area contributed by atoms with Crippen molar-refractivity contribution in [3.05, 3.63) is 35.4 Å². The van der Waals surface area contributed by atoms with Crippen LogP contribution in [0.1, 0.15) is 31.9 Å². The van der Waals surface area contributed by atoms with Crippen LogP contribution in [0.15, 0.2) is 29.3 Å². The number of aliphatic imine (C=N–C) groups is 1. The van der Waals surface area contributed by atoms with Crippen molar-refractivity contribution < 1.29 is 9.47 Å². The molecule has 1 aromatic rings. The van der Waals surface area contributed by atoms with Crippen molar-refractivity contribution in [2.45, 2.75) is 46.0 Å². The van der Waals surface area contributed by atoms with E-state index in [0.29, 0.717) is 19.3 Å². The zero-order valence-corrected chi connectivity index (χ0v) is 19.4. The number of hydrogen-bond donors (Lipinski definition) is 2. The fourth-order valence-corrected chi connectivity index (χ4v) is 3.13. The van der Waals surface area contributed by atoms with Gasteiger partial charge in [0, 0.05) is 39.3 Å². The Hall–Kier alpha value is -0.900. The molecule has 0 spiro atoms. The first-order valence-electron chi connectivity index (χ1n) is 9.56. The minimum atomic E-state index is 0. The van der Waals surface area contributed by atoms with Gasteiger partial charge < -0.3 is 20.1 Å². The Balaban J connectivity index is 0.00000364. The van der Waals surface area contributed by atoms with E-state index in [-0.39, 0.29) is 30.0 Å². The summed E-state index contributed by atoms with van der Waals surface area (Å²) >= 11 is 0. The van der Waals surface area contributed by atoms with Crippen molar-refractivity contribution in [2.75, 3.05) is 40.0 Å². The van der Waals surface area contributed by atoms with E-state index in [2.05, 4.69) is 60.6 Å². The molecule has 27 heavy (non-hydrogen) atoms. The van der Waals surface area contributed by atoms with Gasteiger partial charge in [-0.25, -0.2) is 4.99 Å². The van der Waals surface area contributed by atoms with E-state index < -0.39 is 0 Å². The lowest BCUT2D eigenvalue weighted by molar-refractivity contribution is -0.0212. The lowest BCUT2D eigenvalue weighted by Crippen LogP contribution is -2.43. The minimum absolute atomic E-state index is 0. The third-order valence-corrected chi connectivity index (χ3v) is 4.29. The van der Waals surface area contributed by atoms with Gasteiger partial charge in [-0.05, 0) is 31.9 Å². The second-order valence-electron chi connectivity index (χ2n) is 6.93. The molecule has 0 aromatic heterocycles. The lowest BCUT2D eigenvalue weighted by atomic mass is 10.1. The van der Waals surface area contributed by atoms with Gasteiger partial charge in [-0.15, -0.1) is 24.0 Å². The van der Waals surface area contributed by atoms with Gasteiger partial charge in [0.15, 0.2) is 5.96 Å². The van der Waals surface area contributed by atoms with Gasteiger partial charge in [0.1, 0.15) is 0 Å². The summed E-state index contributed by atoms with van der Waals surface area (Å²) in [6.45, 7) is 12.2. The van der Waals surface area contributed by atoms with E-state index in [1.165, 1.54) is 11.1 Å². The van der Waals surface area contributed by atoms with E-state index in [1.807, 2.05) is 0 Å². The zero-order chi connectivity index (χ0) is 18.8. The maximum Gasteiger partial charge on any atom is 0.191 e. The van der Waals surface area contributed by atoms with E-state index in [1.54, 1.807) is 7.11 Å². The smallest absolute Gasteiger partial charge is 0.191 e. The summed E-state index contributed by atoms with van der Waals surface area (Å²) in [5.74, 6) is 0.824. The molecule has 2 rings (SSSR count). The molecule has 0 bridgehead atoms. The number of methoxy groups -OCH3 is 1. The molecule has 0 aliphatic carbocycles. The molecule has 2 N–H and O–H groups in total. The summed E-state index contributed by atoms with van der Waals surface area (Å²) in [5, 5.41) is 6.65. The predicted octanol–water partition coefficient (Wildman–Crippen LogP) is 2.62. The standard InChI is InChI=1S/C20H34N4O2.HI/c1-5-21-20(23-16(2)15-25-4)22-12-18-7-6-8-19(11-18)14-24-9-10-26-17(3)13-24;/h6-8,11,16-17H,5,9-10,12-15H2,1-4H3,(H2,21,22,23);1H. The highest BCUT2D eigenvalue weighted by atomic mass is 127. The third-order valence-electron chi connectivity index (χ3n) is 4.29. The molecule has 154 valence electrons. The quantitative estimate of drug-likeness (QED) is 0.334. The molecule has 1 fully saturated rings. The van der Waals surface area contributed by atoms with E-state index >= 15 is 0 Å². The summed E-state index contributed by atoms with van der Waals surface area (Å²) in [4.78, 5) is 7.16. The number of rotatable bonds is 8. The van der Waals surface area contributed by atoms with Gasteiger partial charge >= 0.3 is 0 Å². The zero-order valence-electron chi connectivity index (χ0n) is 17.0. The number of ether oxygens (including phenoxy) is 2. The molecule has 1 saturated heterocycles. The number of benzene rings is 1. The Bertz CT molecular complexity index is 571. The average molecular weight is 490 g/mol. The van der Waals surface area contributed by atoms with Crippen LogP contribution in [-0.2, 0) is 22.6 Å². The van der Waals surface area contributed by atoms with E-state index in [0.717, 1.165) is 38.7 Å². The van der Waals surface area contributed by atoms with Crippen molar-refractivity contribution in [1.29, 1.82) is 0 Å². The Kier molecular flexibility index (Phi) is 11.9. The van der Waals surface area contributed by atoms with Gasteiger partial charge in [0.25, 0.3) is 0 Å². The Labute approximate surface area is 181 Å². The average Bonchev–Trinajstić information content (AvgIpc) is 2.60. The van der Waals surface area contributed by atoms with Crippen molar-refractivity contribution in [3.63, 3.8) is 0 Å². The number of guanidine groups is 1. The highest BCUT2D eigenvalue weighted by Crippen LogP contribution is 2.12. The van der Waals surface area contributed by atoms with Crippen LogP contribution < -0.4 is 10.6 Å². The Morgan fingerprint density at radius 2 is 2.19 bits per heavy atom. The maximum atomic E-state index is 5.62. The molecule has 0 radical (unpaired) electrons. The van der Waals surface area contributed by atoms with Crippen molar-refractivity contribution >= 4 is 29.9 Å². The molecule has 7 heteroatoms. The second-order valence-corrected chi connectivity index (χ2v) is 6.93. The van der Waals surface area contributed by atoms with Gasteiger partial charge in [0.2, 0.25) is 0 Å². The van der Waals surface area contributed by atoms with Crippen LogP contribution >= 0.6 is 24.0 Å². The maximum absolute atomic E-state index is 5.62. The monoisotopic (exact) mass is 490 g/mol. The summed E-state index contributed by atoms with van der Waals surface area (Å²) in [7, 11) is 1.71. The van der Waals surface area contributed by atoms with Crippen LogP contribution in [0.4, 0.5) is 0 Å². The van der Waals surface area contributed by atoms with E-state index in [9.17, 15) is 0 Å². The molecule has 6 nitrogen and oxygen atoms in total. The van der Waals surface area contributed by atoms with Crippen molar-refractivity contribution in [1.82, 2.24) is 15.5 Å². The van der Waals surface area contributed by atoms with Crippen LogP contribution in [0.5, 0.6) is 0 Å². The Morgan fingerprint density at radius 3 is 2.89 bits per heavy atom. The molecule has 2 unspecified atom stereocenters. The number of halogens is 1. The fraction of sp³-hybridized carbons (Fsp3) is 0.650. The number of nitrogens with one attached hydrogen (secondary N) is 2. The molecule has 1 aliphatic rings. The SMILES string of the molecule is CCNC(=NCc1cccc(CN2CCOC(C)C2)c1)NC(C)COC.I. The highest BCUT2D eigenvalue weighted by Gasteiger charge is 2.16. The normalized spacial score (nSPS) is 19.3. The van der Waals surface area contributed by atoms with Crippen LogP contribution in [0, 0.1) is 0 Å². The molecule has 1 aromatic carbocycles. The first-order chi connectivity index (χ1) is 12.6. The van der Waals surface area contributed by atoms with Gasteiger partial charge in [-0.2, -0.15) is 0 Å². The fourth-order valence-electron chi connectivity index (χ4n) is 3.13. The molecule has 0 amide bonds. The van der Waals surface area contributed by atoms with E-state index in [4.69, 9.17) is 14.5 Å². The predicted molar refractivity (Wildman–Crippen MR) is 122 cm³/mol. The van der Waals surface area contributed by atoms with Crippen LogP contribution in [0.2, 0.25) is 0 Å². The van der Waals surface area contributed by atoms with Gasteiger partial charge in [-0.1, -0.05) is 24.3 Å². The third kappa shape index (κ3) is 9.23. The molecule has 2 atom stereocenters. The summed E-state index contributed by atoms with van der Waals surface area (Å²) < 4.78 is 10.8. The number of hydrogen-bond acceptors (Lipinski definition) is 4. The topological polar surface area (TPSA) is 58.1 Å². The lowest BCUT2D eigenvalue weighted by Gasteiger charge is -2.31. The van der Waals surface area contributed by atoms with Crippen molar-refractivity contribution in [3.8, 4) is 0 Å². The van der Waals surface area contributed by atoms with Crippen LogP contribution in [0.3, 0.4) is 0 Å². The number of morpholine rings is 1. The Morgan fingerprint density at radius 1 is 1.41 bits per heavy atom. The summed E-state index contributed by atoms with van der Waals surface area (Å²) in [5.41, 5.74) is 2.55. The number of nitrogens with zero attached hydrogens (tertiary/aromatic N) is 2. The summed E-state index contributed by atoms with van der Waals surface area (Å²) in [6.07, 6.45) is 0.319. The molecular weight excluding hydrogens is 455 g/mol. The highest BCUT2D eigenvalue weighted by molar-refractivity contribution is 14.0. The summed E-state index contributed by atoms with van der Waals surface area (Å²) in [6, 6.07) is 8.92. The van der Waals surface area contributed by atoms with Crippen LogP contribution in [0.25, 0.3) is 0 Å². The second kappa shape index (κ2) is 13.3. The minimum Gasteiger partial charge on any atom is -0.383 e. The molecule has 1 heterocycles. The molecule has 0 saturated carbocycles. The van der Waals surface area contributed by atoms with Gasteiger partial charge in [0.05, 0.1) is 25.9 Å². The van der Waals surface area contributed by atoms with Crippen LogP contribution in [-0.4, -0.2) is 63.0 Å². The first kappa shape index (κ1) is 24.1.